The van der Waals surface area contributed by atoms with Gasteiger partial charge in [0.15, 0.2) is 11.0 Å². The Labute approximate surface area is 232 Å². The zero-order chi connectivity index (χ0) is 27.2. The van der Waals surface area contributed by atoms with Crippen molar-refractivity contribution in [1.82, 2.24) is 24.9 Å². The Kier molecular flexibility index (Phi) is 8.07. The Balaban J connectivity index is 1.48. The van der Waals surface area contributed by atoms with Gasteiger partial charge in [-0.3, -0.25) is 4.98 Å². The molecule has 0 bridgehead atoms. The Bertz CT molecular complexity index is 1530. The maximum absolute atomic E-state index is 5.89. The highest BCUT2D eigenvalue weighted by Crippen LogP contribution is 2.35. The summed E-state index contributed by atoms with van der Waals surface area (Å²) in [7, 11) is 1.67. The summed E-state index contributed by atoms with van der Waals surface area (Å²) in [5, 5.41) is 4.22. The Hall–Kier alpha value is -4.37. The molecular formula is C30H30N6O2S. The minimum absolute atomic E-state index is 0.516. The lowest BCUT2D eigenvalue weighted by Gasteiger charge is -2.14. The first kappa shape index (κ1) is 26.2. The fourth-order valence-electron chi connectivity index (χ4n) is 4.26. The molecule has 5 aromatic rings. The van der Waals surface area contributed by atoms with Crippen LogP contribution in [0.2, 0.25) is 0 Å². The normalized spacial score (nSPS) is 10.9. The van der Waals surface area contributed by atoms with Gasteiger partial charge in [-0.1, -0.05) is 30.4 Å². The van der Waals surface area contributed by atoms with Gasteiger partial charge in [0.05, 0.1) is 36.2 Å². The van der Waals surface area contributed by atoms with Gasteiger partial charge in [0.1, 0.15) is 17.2 Å². The number of methoxy groups -OCH3 is 1. The first-order valence-electron chi connectivity index (χ1n) is 12.8. The second kappa shape index (κ2) is 12.0. The molecule has 39 heavy (non-hydrogen) atoms. The zero-order valence-corrected chi connectivity index (χ0v) is 23.2. The molecule has 0 saturated carbocycles. The van der Waals surface area contributed by atoms with Crippen LogP contribution in [0, 0.1) is 13.8 Å². The van der Waals surface area contributed by atoms with Gasteiger partial charge in [-0.15, -0.1) is 0 Å². The highest BCUT2D eigenvalue weighted by atomic mass is 32.1. The van der Waals surface area contributed by atoms with Crippen LogP contribution in [0.4, 0.5) is 5.13 Å². The number of anilines is 1. The van der Waals surface area contributed by atoms with E-state index in [0.29, 0.717) is 24.7 Å². The van der Waals surface area contributed by atoms with Crippen LogP contribution in [0.1, 0.15) is 30.0 Å². The molecule has 0 aliphatic heterocycles. The highest BCUT2D eigenvalue weighted by Gasteiger charge is 2.17. The summed E-state index contributed by atoms with van der Waals surface area (Å²) in [5.74, 6) is 2.22. The lowest BCUT2D eigenvalue weighted by Crippen LogP contribution is -2.01. The molecule has 0 spiro atoms. The molecule has 3 heterocycles. The molecule has 0 radical (unpaired) electrons. The van der Waals surface area contributed by atoms with E-state index in [1.807, 2.05) is 36.5 Å². The van der Waals surface area contributed by atoms with E-state index in [-0.39, 0.29) is 0 Å². The van der Waals surface area contributed by atoms with Crippen LogP contribution in [0.15, 0.2) is 67.3 Å². The maximum atomic E-state index is 5.89. The van der Waals surface area contributed by atoms with E-state index in [0.717, 1.165) is 61.6 Å². The van der Waals surface area contributed by atoms with Crippen molar-refractivity contribution in [3.63, 3.8) is 0 Å². The van der Waals surface area contributed by atoms with E-state index >= 15 is 0 Å². The lowest BCUT2D eigenvalue weighted by atomic mass is 9.98. The molecule has 0 fully saturated rings. The van der Waals surface area contributed by atoms with E-state index in [2.05, 4.69) is 53.2 Å². The van der Waals surface area contributed by atoms with Crippen LogP contribution in [-0.4, -0.2) is 38.6 Å². The second-order valence-electron chi connectivity index (χ2n) is 9.06. The zero-order valence-electron chi connectivity index (χ0n) is 22.4. The molecule has 3 aromatic heterocycles. The molecule has 1 N–H and O–H groups in total. The average Bonchev–Trinajstić information content (AvgIpc) is 3.44. The van der Waals surface area contributed by atoms with Gasteiger partial charge >= 0.3 is 0 Å². The number of aromatic nitrogens is 5. The van der Waals surface area contributed by atoms with Crippen LogP contribution in [-0.2, 0) is 6.54 Å². The Morgan fingerprint density at radius 2 is 1.62 bits per heavy atom. The monoisotopic (exact) mass is 538 g/mol. The summed E-state index contributed by atoms with van der Waals surface area (Å²) in [6.45, 7) is 7.61. The molecule has 9 heteroatoms. The Morgan fingerprint density at radius 1 is 0.846 bits per heavy atom. The van der Waals surface area contributed by atoms with Gasteiger partial charge in [0.2, 0.25) is 0 Å². The summed E-state index contributed by atoms with van der Waals surface area (Å²) >= 11 is 1.55. The third kappa shape index (κ3) is 6.21. The third-order valence-corrected chi connectivity index (χ3v) is 7.09. The van der Waals surface area contributed by atoms with Crippen molar-refractivity contribution in [2.75, 3.05) is 19.0 Å². The van der Waals surface area contributed by atoms with Crippen LogP contribution in [0.25, 0.3) is 33.3 Å². The number of aryl methyl sites for hydroxylation is 2. The number of nitrogens with zero attached hydrogens (tertiary/aromatic N) is 5. The van der Waals surface area contributed by atoms with E-state index in [4.69, 9.17) is 19.4 Å². The quantitative estimate of drug-likeness (QED) is 0.209. The SMILES string of the molecule is CCCOc1cc(C)c(-c2cc(-c3cnc(NCc4ccc(OC)cc4)s3)nc(-c3cnccn3)n2)c(C)c1. The van der Waals surface area contributed by atoms with Crippen LogP contribution >= 0.6 is 11.3 Å². The van der Waals surface area contributed by atoms with Gasteiger partial charge < -0.3 is 14.8 Å². The number of hydrogen-bond acceptors (Lipinski definition) is 9. The molecular weight excluding hydrogens is 508 g/mol. The molecule has 0 aliphatic carbocycles. The van der Waals surface area contributed by atoms with Crippen LogP contribution in [0.3, 0.4) is 0 Å². The van der Waals surface area contributed by atoms with Crippen LogP contribution in [0.5, 0.6) is 11.5 Å². The van der Waals surface area contributed by atoms with Gasteiger partial charge in [-0.25, -0.2) is 19.9 Å². The number of thiazole rings is 1. The van der Waals surface area contributed by atoms with Crippen molar-refractivity contribution in [1.29, 1.82) is 0 Å². The molecule has 0 saturated heterocycles. The van der Waals surface area contributed by atoms with Crippen molar-refractivity contribution >= 4 is 16.5 Å². The first-order chi connectivity index (χ1) is 19.0. The van der Waals surface area contributed by atoms with Crippen molar-refractivity contribution in [2.24, 2.45) is 0 Å². The highest BCUT2D eigenvalue weighted by molar-refractivity contribution is 7.18. The summed E-state index contributed by atoms with van der Waals surface area (Å²) in [4.78, 5) is 24.0. The number of hydrogen-bond donors (Lipinski definition) is 1. The topological polar surface area (TPSA) is 94.9 Å². The standard InChI is InChI=1S/C30H30N6O2S/c1-5-12-38-23-13-19(2)28(20(3)14-23)25-15-24(35-29(36-25)26-17-31-10-11-32-26)27-18-34-30(39-27)33-16-21-6-8-22(37-4)9-7-21/h6-11,13-15,17-18H,5,12,16H2,1-4H3,(H,33,34). The largest absolute Gasteiger partial charge is 0.497 e. The fourth-order valence-corrected chi connectivity index (χ4v) is 5.03. The summed E-state index contributed by atoms with van der Waals surface area (Å²) in [5.41, 5.74) is 6.57. The summed E-state index contributed by atoms with van der Waals surface area (Å²) in [6, 6.07) is 14.1. The number of benzene rings is 2. The lowest BCUT2D eigenvalue weighted by molar-refractivity contribution is 0.317. The molecule has 198 valence electrons. The van der Waals surface area contributed by atoms with Gasteiger partial charge in [0, 0.05) is 30.7 Å². The van der Waals surface area contributed by atoms with Gasteiger partial charge in [-0.05, 0) is 67.3 Å². The molecule has 5 rings (SSSR count). The predicted molar refractivity (Wildman–Crippen MR) is 155 cm³/mol. The second-order valence-corrected chi connectivity index (χ2v) is 10.1. The molecule has 0 aliphatic rings. The maximum Gasteiger partial charge on any atom is 0.183 e. The number of rotatable bonds is 10. The molecule has 0 atom stereocenters. The fraction of sp³-hybridized carbons (Fsp3) is 0.233. The van der Waals surface area contributed by atoms with Gasteiger partial charge in [0.25, 0.3) is 0 Å². The average molecular weight is 539 g/mol. The number of ether oxygens (including phenoxy) is 2. The van der Waals surface area contributed by atoms with Crippen molar-refractivity contribution in [3.05, 3.63) is 83.9 Å². The molecule has 0 amide bonds. The Morgan fingerprint density at radius 3 is 2.31 bits per heavy atom. The van der Waals surface area contributed by atoms with E-state index in [1.165, 1.54) is 0 Å². The minimum Gasteiger partial charge on any atom is -0.497 e. The predicted octanol–water partition coefficient (Wildman–Crippen LogP) is 6.75. The number of nitrogens with one attached hydrogen (secondary N) is 1. The first-order valence-corrected chi connectivity index (χ1v) is 13.6. The van der Waals surface area contributed by atoms with E-state index in [9.17, 15) is 0 Å². The minimum atomic E-state index is 0.516. The van der Waals surface area contributed by atoms with Crippen molar-refractivity contribution in [2.45, 2.75) is 33.7 Å². The third-order valence-electron chi connectivity index (χ3n) is 6.11. The van der Waals surface area contributed by atoms with Gasteiger partial charge in [-0.2, -0.15) is 0 Å². The summed E-state index contributed by atoms with van der Waals surface area (Å²) < 4.78 is 11.1. The smallest absolute Gasteiger partial charge is 0.183 e. The van der Waals surface area contributed by atoms with E-state index in [1.54, 1.807) is 37.0 Å². The van der Waals surface area contributed by atoms with E-state index < -0.39 is 0 Å². The van der Waals surface area contributed by atoms with Crippen LogP contribution < -0.4 is 14.8 Å². The summed E-state index contributed by atoms with van der Waals surface area (Å²) in [6.07, 6.45) is 7.77. The molecule has 0 unspecified atom stereocenters. The van der Waals surface area contributed by atoms with Crippen molar-refractivity contribution < 1.29 is 9.47 Å². The molecule has 2 aromatic carbocycles. The van der Waals surface area contributed by atoms with Crippen molar-refractivity contribution in [3.8, 4) is 44.8 Å². The molecule has 8 nitrogen and oxygen atoms in total.